The quantitative estimate of drug-likeness (QED) is 0.878. The number of aromatic nitrogens is 2. The van der Waals surface area contributed by atoms with Gasteiger partial charge in [-0.25, -0.2) is 4.98 Å². The van der Waals surface area contributed by atoms with Gasteiger partial charge in [0.05, 0.1) is 0 Å². The molecule has 0 saturated carbocycles. The number of aryl methyl sites for hydroxylation is 1. The molecule has 1 amide bonds. The molecule has 2 aromatic rings. The maximum Gasteiger partial charge on any atom is 0.223 e. The predicted molar refractivity (Wildman–Crippen MR) is 103 cm³/mol. The number of aliphatic hydroxyl groups is 1. The Labute approximate surface area is 160 Å². The Bertz CT molecular complexity index is 770. The molecule has 2 aliphatic heterocycles. The van der Waals surface area contributed by atoms with Gasteiger partial charge >= 0.3 is 0 Å². The number of hydrogen-bond acceptors (Lipinski definition) is 4. The molecule has 144 valence electrons. The number of amides is 1. The average Bonchev–Trinajstić information content (AvgIpc) is 3.31. The first-order valence-electron chi connectivity index (χ1n) is 9.84. The summed E-state index contributed by atoms with van der Waals surface area (Å²) in [6, 6.07) is 8.51. The molecular weight excluding hydrogens is 340 g/mol. The number of carbonyl (C=O) groups excluding carboxylic acids is 1. The van der Waals surface area contributed by atoms with Crippen molar-refractivity contribution in [3.63, 3.8) is 0 Å². The van der Waals surface area contributed by atoms with E-state index in [1.807, 2.05) is 22.7 Å². The van der Waals surface area contributed by atoms with Crippen molar-refractivity contribution in [2.24, 2.45) is 13.0 Å². The normalized spacial score (nSPS) is 19.3. The third-order valence-electron chi connectivity index (χ3n) is 6.01. The molecule has 6 nitrogen and oxygen atoms in total. The lowest BCUT2D eigenvalue weighted by Crippen LogP contribution is -2.41. The van der Waals surface area contributed by atoms with E-state index in [0.717, 1.165) is 45.6 Å². The van der Waals surface area contributed by atoms with Crippen molar-refractivity contribution in [3.8, 4) is 0 Å². The summed E-state index contributed by atoms with van der Waals surface area (Å²) >= 11 is 0. The fourth-order valence-corrected chi connectivity index (χ4v) is 4.31. The summed E-state index contributed by atoms with van der Waals surface area (Å²) in [6.45, 7) is 4.16. The van der Waals surface area contributed by atoms with Gasteiger partial charge in [-0.15, -0.1) is 0 Å². The summed E-state index contributed by atoms with van der Waals surface area (Å²) < 4.78 is 1.87. The summed E-state index contributed by atoms with van der Waals surface area (Å²) in [5, 5.41) is 10.6. The topological polar surface area (TPSA) is 61.6 Å². The zero-order valence-electron chi connectivity index (χ0n) is 15.9. The van der Waals surface area contributed by atoms with E-state index in [1.54, 1.807) is 6.20 Å². The van der Waals surface area contributed by atoms with E-state index in [1.165, 1.54) is 11.1 Å². The molecule has 3 heterocycles. The maximum absolute atomic E-state index is 12.6. The molecule has 0 radical (unpaired) electrons. The molecule has 1 N–H and O–H groups in total. The predicted octanol–water partition coefficient (Wildman–Crippen LogP) is 2.10. The first kappa shape index (κ1) is 18.2. The first-order valence-corrected chi connectivity index (χ1v) is 9.84. The second kappa shape index (κ2) is 7.82. The molecule has 0 aliphatic carbocycles. The summed E-state index contributed by atoms with van der Waals surface area (Å²) in [5.74, 6) is 1.12. The Morgan fingerprint density at radius 2 is 1.89 bits per heavy atom. The van der Waals surface area contributed by atoms with Crippen LogP contribution in [-0.4, -0.2) is 50.0 Å². The molecule has 0 spiro atoms. The number of benzene rings is 1. The monoisotopic (exact) mass is 368 g/mol. The van der Waals surface area contributed by atoms with Crippen LogP contribution in [0.5, 0.6) is 0 Å². The number of carbonyl (C=O) groups is 1. The van der Waals surface area contributed by atoms with Crippen molar-refractivity contribution in [2.75, 3.05) is 19.6 Å². The minimum Gasteiger partial charge on any atom is -0.385 e. The lowest BCUT2D eigenvalue weighted by Gasteiger charge is -2.34. The van der Waals surface area contributed by atoms with Gasteiger partial charge in [-0.3, -0.25) is 9.69 Å². The molecule has 1 fully saturated rings. The van der Waals surface area contributed by atoms with Gasteiger partial charge in [-0.1, -0.05) is 24.3 Å². The maximum atomic E-state index is 12.6. The van der Waals surface area contributed by atoms with Crippen LogP contribution in [0.3, 0.4) is 0 Å². The number of likely N-dealkylation sites (tertiary alicyclic amines) is 1. The highest BCUT2D eigenvalue weighted by Gasteiger charge is 2.30. The summed E-state index contributed by atoms with van der Waals surface area (Å²) in [4.78, 5) is 21.2. The van der Waals surface area contributed by atoms with Gasteiger partial charge in [-0.05, 0) is 29.9 Å². The first-order chi connectivity index (χ1) is 13.1. The summed E-state index contributed by atoms with van der Waals surface area (Å²) in [6.07, 6.45) is 5.25. The van der Waals surface area contributed by atoms with Crippen LogP contribution in [0.25, 0.3) is 0 Å². The van der Waals surface area contributed by atoms with E-state index in [-0.39, 0.29) is 11.8 Å². The van der Waals surface area contributed by atoms with Crippen LogP contribution >= 0.6 is 0 Å². The van der Waals surface area contributed by atoms with E-state index in [4.69, 9.17) is 0 Å². The molecule has 4 rings (SSSR count). The number of aliphatic hydroxyl groups excluding tert-OH is 1. The molecule has 1 aromatic heterocycles. The number of imidazole rings is 1. The van der Waals surface area contributed by atoms with Crippen LogP contribution in [0.1, 0.15) is 42.3 Å². The lowest BCUT2D eigenvalue weighted by molar-refractivity contribution is -0.133. The van der Waals surface area contributed by atoms with E-state index in [9.17, 15) is 9.90 Å². The Hall–Kier alpha value is -2.18. The highest BCUT2D eigenvalue weighted by Crippen LogP contribution is 2.30. The molecular formula is C21H28N4O2. The Balaban J connectivity index is 1.23. The van der Waals surface area contributed by atoms with Crippen molar-refractivity contribution in [2.45, 2.75) is 38.5 Å². The molecule has 1 saturated heterocycles. The van der Waals surface area contributed by atoms with Gasteiger partial charge < -0.3 is 14.6 Å². The largest absolute Gasteiger partial charge is 0.385 e. The Morgan fingerprint density at radius 1 is 1.22 bits per heavy atom. The number of rotatable bonds is 5. The van der Waals surface area contributed by atoms with E-state index in [0.29, 0.717) is 12.2 Å². The van der Waals surface area contributed by atoms with Crippen LogP contribution in [0.2, 0.25) is 0 Å². The standard InChI is InChI=1S/C21H28N4O2/c1-23-13-9-22-21(23)20(27)16-6-11-25(12-7-16)19(26)8-10-24-14-17-4-2-3-5-18(17)15-24/h2-5,9,13,16,20,27H,6-8,10-12,14-15H2,1H3/t20-/m0/s1. The second-order valence-corrected chi connectivity index (χ2v) is 7.79. The van der Waals surface area contributed by atoms with Gasteiger partial charge in [0.2, 0.25) is 5.91 Å². The van der Waals surface area contributed by atoms with Crippen LogP contribution in [0.4, 0.5) is 0 Å². The van der Waals surface area contributed by atoms with Crippen molar-refractivity contribution in [1.29, 1.82) is 0 Å². The van der Waals surface area contributed by atoms with Gasteiger partial charge in [0.1, 0.15) is 11.9 Å². The molecule has 1 atom stereocenters. The molecule has 0 bridgehead atoms. The molecule has 6 heteroatoms. The van der Waals surface area contributed by atoms with Gasteiger partial charge in [-0.2, -0.15) is 0 Å². The van der Waals surface area contributed by atoms with Crippen LogP contribution in [0, 0.1) is 5.92 Å². The third-order valence-corrected chi connectivity index (χ3v) is 6.01. The number of hydrogen-bond donors (Lipinski definition) is 1. The van der Waals surface area contributed by atoms with Crippen LogP contribution < -0.4 is 0 Å². The van der Waals surface area contributed by atoms with Gasteiger partial charge in [0.15, 0.2) is 0 Å². The van der Waals surface area contributed by atoms with Gasteiger partial charge in [0, 0.05) is 58.6 Å². The Morgan fingerprint density at radius 3 is 2.48 bits per heavy atom. The fourth-order valence-electron chi connectivity index (χ4n) is 4.31. The molecule has 2 aliphatic rings. The van der Waals surface area contributed by atoms with Gasteiger partial charge in [0.25, 0.3) is 0 Å². The van der Waals surface area contributed by atoms with E-state index in [2.05, 4.69) is 34.1 Å². The van der Waals surface area contributed by atoms with Crippen molar-refractivity contribution < 1.29 is 9.90 Å². The van der Waals surface area contributed by atoms with Crippen molar-refractivity contribution in [3.05, 3.63) is 53.6 Å². The zero-order valence-corrected chi connectivity index (χ0v) is 15.9. The van der Waals surface area contributed by atoms with Crippen LogP contribution in [0.15, 0.2) is 36.7 Å². The number of fused-ring (bicyclic) bond motifs is 1. The zero-order chi connectivity index (χ0) is 18.8. The lowest BCUT2D eigenvalue weighted by atomic mass is 9.90. The average molecular weight is 368 g/mol. The number of nitrogens with zero attached hydrogens (tertiary/aromatic N) is 4. The second-order valence-electron chi connectivity index (χ2n) is 7.79. The number of piperidine rings is 1. The summed E-state index contributed by atoms with van der Waals surface area (Å²) in [5.41, 5.74) is 2.77. The smallest absolute Gasteiger partial charge is 0.223 e. The summed E-state index contributed by atoms with van der Waals surface area (Å²) in [7, 11) is 1.90. The SMILES string of the molecule is Cn1ccnc1[C@@H](O)C1CCN(C(=O)CCN2Cc3ccccc3C2)CC1. The van der Waals surface area contributed by atoms with Crippen molar-refractivity contribution in [1.82, 2.24) is 19.4 Å². The molecule has 1 aromatic carbocycles. The fraction of sp³-hybridized carbons (Fsp3) is 0.524. The van der Waals surface area contributed by atoms with E-state index < -0.39 is 6.10 Å². The van der Waals surface area contributed by atoms with E-state index >= 15 is 0 Å². The molecule has 0 unspecified atom stereocenters. The van der Waals surface area contributed by atoms with Crippen molar-refractivity contribution >= 4 is 5.91 Å². The Kier molecular flexibility index (Phi) is 5.27. The highest BCUT2D eigenvalue weighted by molar-refractivity contribution is 5.76. The molecule has 27 heavy (non-hydrogen) atoms. The highest BCUT2D eigenvalue weighted by atomic mass is 16.3. The minimum absolute atomic E-state index is 0.170. The third kappa shape index (κ3) is 3.92. The van der Waals surface area contributed by atoms with Crippen LogP contribution in [-0.2, 0) is 24.9 Å². The minimum atomic E-state index is -0.551.